The Bertz CT molecular complexity index is 1320. The van der Waals surface area contributed by atoms with Crippen LogP contribution >= 0.6 is 11.6 Å². The van der Waals surface area contributed by atoms with Gasteiger partial charge >= 0.3 is 6.03 Å². The van der Waals surface area contributed by atoms with E-state index in [1.807, 2.05) is 19.1 Å². The van der Waals surface area contributed by atoms with Crippen LogP contribution in [0.3, 0.4) is 0 Å². The lowest BCUT2D eigenvalue weighted by atomic mass is 10.3. The number of ether oxygens (including phenoxy) is 1. The van der Waals surface area contributed by atoms with Gasteiger partial charge in [-0.3, -0.25) is 9.20 Å². The summed E-state index contributed by atoms with van der Waals surface area (Å²) < 4.78 is 7.29. The third-order valence-electron chi connectivity index (χ3n) is 4.54. The van der Waals surface area contributed by atoms with Gasteiger partial charge in [-0.1, -0.05) is 35.9 Å². The maximum Gasteiger partial charge on any atom is 0.323 e. The maximum absolute atomic E-state index is 12.3. The fourth-order valence-electron chi connectivity index (χ4n) is 3.05. The molecule has 0 unspecified atom stereocenters. The lowest BCUT2D eigenvalue weighted by Gasteiger charge is -2.11. The number of pyridine rings is 1. The smallest absolute Gasteiger partial charge is 0.323 e. The zero-order valence-electron chi connectivity index (χ0n) is 16.6. The van der Waals surface area contributed by atoms with E-state index < -0.39 is 6.03 Å². The number of hydrogen-bond acceptors (Lipinski definition) is 4. The molecule has 0 aliphatic rings. The molecule has 0 aliphatic carbocycles. The van der Waals surface area contributed by atoms with E-state index in [9.17, 15) is 9.59 Å². The molecule has 0 saturated carbocycles. The molecule has 0 radical (unpaired) electrons. The Morgan fingerprint density at radius 1 is 1.06 bits per heavy atom. The fourth-order valence-corrected chi connectivity index (χ4v) is 3.23. The summed E-state index contributed by atoms with van der Waals surface area (Å²) in [7, 11) is 0. The molecule has 31 heavy (non-hydrogen) atoms. The van der Waals surface area contributed by atoms with Crippen LogP contribution in [-0.2, 0) is 6.61 Å². The summed E-state index contributed by atoms with van der Waals surface area (Å²) >= 11 is 6.06. The van der Waals surface area contributed by atoms with Gasteiger partial charge in [0.2, 0.25) is 0 Å². The van der Waals surface area contributed by atoms with Crippen molar-refractivity contribution in [3.63, 3.8) is 0 Å². The monoisotopic (exact) mass is 434 g/mol. The number of benzene rings is 2. The number of fused-ring (bicyclic) bond motifs is 1. The molecule has 2 heterocycles. The van der Waals surface area contributed by atoms with E-state index in [2.05, 4.69) is 15.6 Å². The number of halogens is 1. The molecule has 0 bridgehead atoms. The van der Waals surface area contributed by atoms with E-state index in [1.54, 1.807) is 54.7 Å². The Hall–Kier alpha value is -3.84. The highest BCUT2D eigenvalue weighted by atomic mass is 35.5. The number of rotatable bonds is 5. The van der Waals surface area contributed by atoms with Crippen LogP contribution in [-0.4, -0.2) is 15.4 Å². The summed E-state index contributed by atoms with van der Waals surface area (Å²) in [4.78, 5) is 29.1. The predicted octanol–water partition coefficient (Wildman–Crippen LogP) is 4.88. The van der Waals surface area contributed by atoms with Crippen molar-refractivity contribution in [1.82, 2.24) is 9.38 Å². The number of para-hydroxylation sites is 1. The number of amides is 2. The van der Waals surface area contributed by atoms with Gasteiger partial charge in [0.1, 0.15) is 18.0 Å². The number of carbonyl (C=O) groups excluding carboxylic acids is 1. The zero-order valence-corrected chi connectivity index (χ0v) is 17.4. The molecule has 2 aromatic heterocycles. The SMILES string of the molecule is Cc1cccn2c(=O)cc(COc3cccc(NC(=O)Nc4ccccc4Cl)c3)nc12. The average molecular weight is 435 g/mol. The zero-order chi connectivity index (χ0) is 21.8. The molecule has 0 saturated heterocycles. The van der Waals surface area contributed by atoms with E-state index in [0.717, 1.165) is 5.56 Å². The summed E-state index contributed by atoms with van der Waals surface area (Å²) in [6.45, 7) is 2.02. The Labute approximate surface area is 183 Å². The number of nitrogens with zero attached hydrogens (tertiary/aromatic N) is 2. The van der Waals surface area contributed by atoms with Crippen LogP contribution in [0.25, 0.3) is 5.65 Å². The molecule has 4 aromatic rings. The first-order valence-electron chi connectivity index (χ1n) is 9.53. The highest BCUT2D eigenvalue weighted by molar-refractivity contribution is 6.33. The number of urea groups is 1. The van der Waals surface area contributed by atoms with Gasteiger partial charge in [0.15, 0.2) is 0 Å². The van der Waals surface area contributed by atoms with Gasteiger partial charge in [-0.25, -0.2) is 9.78 Å². The summed E-state index contributed by atoms with van der Waals surface area (Å²) in [5.74, 6) is 0.530. The molecule has 0 fully saturated rings. The molecule has 0 aliphatic heterocycles. The highest BCUT2D eigenvalue weighted by Crippen LogP contribution is 2.22. The lowest BCUT2D eigenvalue weighted by Crippen LogP contribution is -2.19. The third-order valence-corrected chi connectivity index (χ3v) is 4.87. The number of aryl methyl sites for hydroxylation is 1. The van der Waals surface area contributed by atoms with Crippen LogP contribution in [0, 0.1) is 6.92 Å². The molecule has 7 nitrogen and oxygen atoms in total. The van der Waals surface area contributed by atoms with Gasteiger partial charge in [0.25, 0.3) is 5.56 Å². The Kier molecular flexibility index (Phi) is 5.86. The lowest BCUT2D eigenvalue weighted by molar-refractivity contribution is 0.262. The van der Waals surface area contributed by atoms with Crippen molar-refractivity contribution >= 4 is 34.7 Å². The number of nitrogens with one attached hydrogen (secondary N) is 2. The minimum Gasteiger partial charge on any atom is -0.487 e. The van der Waals surface area contributed by atoms with Crippen LogP contribution in [0.5, 0.6) is 5.75 Å². The Balaban J connectivity index is 1.44. The maximum atomic E-state index is 12.3. The van der Waals surface area contributed by atoms with Crippen molar-refractivity contribution < 1.29 is 9.53 Å². The average Bonchev–Trinajstić information content (AvgIpc) is 2.75. The second-order valence-electron chi connectivity index (χ2n) is 6.85. The quantitative estimate of drug-likeness (QED) is 0.469. The van der Waals surface area contributed by atoms with Crippen molar-refractivity contribution in [3.05, 3.63) is 99.6 Å². The van der Waals surface area contributed by atoms with E-state index in [0.29, 0.717) is 33.5 Å². The molecule has 156 valence electrons. The van der Waals surface area contributed by atoms with Gasteiger partial charge in [-0.2, -0.15) is 0 Å². The third kappa shape index (κ3) is 4.84. The second-order valence-corrected chi connectivity index (χ2v) is 7.25. The van der Waals surface area contributed by atoms with Crippen molar-refractivity contribution in [3.8, 4) is 5.75 Å². The first-order valence-corrected chi connectivity index (χ1v) is 9.91. The molecule has 0 spiro atoms. The molecular weight excluding hydrogens is 416 g/mol. The van der Waals surface area contributed by atoms with Crippen LogP contribution in [0.1, 0.15) is 11.3 Å². The topological polar surface area (TPSA) is 84.7 Å². The fraction of sp³-hybridized carbons (Fsp3) is 0.0870. The molecule has 2 N–H and O–H groups in total. The van der Waals surface area contributed by atoms with Gasteiger partial charge < -0.3 is 15.4 Å². The highest BCUT2D eigenvalue weighted by Gasteiger charge is 2.08. The normalized spacial score (nSPS) is 10.6. The Morgan fingerprint density at radius 2 is 1.90 bits per heavy atom. The molecule has 2 amide bonds. The largest absolute Gasteiger partial charge is 0.487 e. The van der Waals surface area contributed by atoms with E-state index in [-0.39, 0.29) is 12.2 Å². The minimum absolute atomic E-state index is 0.120. The van der Waals surface area contributed by atoms with E-state index in [4.69, 9.17) is 16.3 Å². The van der Waals surface area contributed by atoms with Gasteiger partial charge in [0.05, 0.1) is 16.4 Å². The van der Waals surface area contributed by atoms with Crippen LogP contribution in [0.15, 0.2) is 77.7 Å². The number of carbonyl (C=O) groups is 1. The van der Waals surface area contributed by atoms with Gasteiger partial charge in [-0.05, 0) is 42.8 Å². The molecule has 2 aromatic carbocycles. The molecule has 0 atom stereocenters. The van der Waals surface area contributed by atoms with Gasteiger partial charge in [0, 0.05) is 24.0 Å². The van der Waals surface area contributed by atoms with Crippen molar-refractivity contribution in [2.24, 2.45) is 0 Å². The van der Waals surface area contributed by atoms with Crippen molar-refractivity contribution in [2.75, 3.05) is 10.6 Å². The number of hydrogen-bond donors (Lipinski definition) is 2. The number of aromatic nitrogens is 2. The van der Waals surface area contributed by atoms with E-state index >= 15 is 0 Å². The van der Waals surface area contributed by atoms with Crippen LogP contribution in [0.2, 0.25) is 5.02 Å². The summed E-state index contributed by atoms with van der Waals surface area (Å²) in [6, 6.07) is 18.6. The summed E-state index contributed by atoms with van der Waals surface area (Å²) in [6.07, 6.45) is 1.69. The second kappa shape index (κ2) is 8.89. The molecule has 4 rings (SSSR count). The standard InChI is InChI=1S/C23H19ClN4O3/c1-15-6-5-11-28-21(29)13-17(25-22(15)28)14-31-18-8-4-7-16(12-18)26-23(30)27-20-10-3-2-9-19(20)24/h2-13H,14H2,1H3,(H2,26,27,30). The molecular formula is C23H19ClN4O3. The van der Waals surface area contributed by atoms with Gasteiger partial charge in [-0.15, -0.1) is 0 Å². The first-order chi connectivity index (χ1) is 15.0. The minimum atomic E-state index is -0.426. The number of anilines is 2. The van der Waals surface area contributed by atoms with Crippen LogP contribution < -0.4 is 20.9 Å². The predicted molar refractivity (Wildman–Crippen MR) is 121 cm³/mol. The van der Waals surface area contributed by atoms with Crippen LogP contribution in [0.4, 0.5) is 16.2 Å². The van der Waals surface area contributed by atoms with Crippen molar-refractivity contribution in [1.29, 1.82) is 0 Å². The summed E-state index contributed by atoms with van der Waals surface area (Å²) in [5.41, 5.74) is 2.91. The summed E-state index contributed by atoms with van der Waals surface area (Å²) in [5, 5.41) is 5.88. The van der Waals surface area contributed by atoms with E-state index in [1.165, 1.54) is 10.5 Å². The molecule has 8 heteroatoms. The van der Waals surface area contributed by atoms with Crippen molar-refractivity contribution in [2.45, 2.75) is 13.5 Å². The first kappa shape index (κ1) is 20.4. The Morgan fingerprint density at radius 3 is 2.74 bits per heavy atom.